The van der Waals surface area contributed by atoms with Crippen molar-refractivity contribution in [1.82, 2.24) is 5.32 Å². The predicted molar refractivity (Wildman–Crippen MR) is 121 cm³/mol. The lowest BCUT2D eigenvalue weighted by Crippen LogP contribution is -2.34. The van der Waals surface area contributed by atoms with Gasteiger partial charge < -0.3 is 24.4 Å². The van der Waals surface area contributed by atoms with E-state index in [1.807, 2.05) is 63.2 Å². The van der Waals surface area contributed by atoms with Gasteiger partial charge in [-0.25, -0.2) is 0 Å². The SMILES string of the molecule is CCOc1ccc(N2CC(CNC(=O)COc3cccc4c3OC(C)(C)C4)CC2=O)cc1. The molecule has 2 aliphatic heterocycles. The molecule has 1 atom stereocenters. The number of rotatable bonds is 8. The molecule has 2 aliphatic rings. The van der Waals surface area contributed by atoms with E-state index < -0.39 is 0 Å². The number of fused-ring (bicyclic) bond motifs is 1. The fourth-order valence-electron chi connectivity index (χ4n) is 4.21. The van der Waals surface area contributed by atoms with Crippen LogP contribution in [0.25, 0.3) is 0 Å². The first-order chi connectivity index (χ1) is 15.3. The summed E-state index contributed by atoms with van der Waals surface area (Å²) >= 11 is 0. The van der Waals surface area contributed by atoms with Crippen molar-refractivity contribution >= 4 is 17.5 Å². The molecule has 4 rings (SSSR count). The molecule has 7 heteroatoms. The average Bonchev–Trinajstić information content (AvgIpc) is 3.29. The Hall–Kier alpha value is -3.22. The number of ether oxygens (including phenoxy) is 3. The number of carbonyl (C=O) groups excluding carboxylic acids is 2. The summed E-state index contributed by atoms with van der Waals surface area (Å²) < 4.78 is 17.2. The molecule has 0 spiro atoms. The second kappa shape index (κ2) is 9.10. The molecule has 2 aromatic rings. The van der Waals surface area contributed by atoms with Crippen molar-refractivity contribution in [2.24, 2.45) is 5.92 Å². The van der Waals surface area contributed by atoms with Gasteiger partial charge in [0.1, 0.15) is 11.4 Å². The minimum absolute atomic E-state index is 0.0584. The van der Waals surface area contributed by atoms with Crippen molar-refractivity contribution in [2.45, 2.75) is 39.2 Å². The molecule has 170 valence electrons. The summed E-state index contributed by atoms with van der Waals surface area (Å²) in [6.45, 7) is 7.50. The standard InChI is InChI=1S/C25H30N2O5/c1-4-30-20-10-8-19(9-11-20)27-15-17(12-23(27)29)14-26-22(28)16-31-21-7-5-6-18-13-25(2,3)32-24(18)21/h5-11,17H,4,12-16H2,1-3H3,(H,26,28). The number of para-hydroxylation sites is 1. The predicted octanol–water partition coefficient (Wildman–Crippen LogP) is 3.35. The third kappa shape index (κ3) is 4.98. The Morgan fingerprint density at radius 2 is 1.97 bits per heavy atom. The highest BCUT2D eigenvalue weighted by atomic mass is 16.5. The second-order valence-corrected chi connectivity index (χ2v) is 8.88. The summed E-state index contributed by atoms with van der Waals surface area (Å²) in [6, 6.07) is 13.3. The largest absolute Gasteiger partial charge is 0.494 e. The highest BCUT2D eigenvalue weighted by molar-refractivity contribution is 5.95. The molecule has 2 heterocycles. The van der Waals surface area contributed by atoms with E-state index in [0.29, 0.717) is 31.9 Å². The van der Waals surface area contributed by atoms with Crippen LogP contribution in [0, 0.1) is 5.92 Å². The van der Waals surface area contributed by atoms with Gasteiger partial charge in [0.25, 0.3) is 5.91 Å². The van der Waals surface area contributed by atoms with Crippen molar-refractivity contribution in [1.29, 1.82) is 0 Å². The topological polar surface area (TPSA) is 77.1 Å². The first-order valence-electron chi connectivity index (χ1n) is 11.1. The Kier molecular flexibility index (Phi) is 6.26. The lowest BCUT2D eigenvalue weighted by molar-refractivity contribution is -0.123. The van der Waals surface area contributed by atoms with Gasteiger partial charge in [-0.05, 0) is 51.1 Å². The van der Waals surface area contributed by atoms with Crippen LogP contribution in [0.3, 0.4) is 0 Å². The summed E-state index contributed by atoms with van der Waals surface area (Å²) in [5.74, 6) is 1.99. The first kappa shape index (κ1) is 22.0. The normalized spacial score (nSPS) is 18.8. The van der Waals surface area contributed by atoms with Crippen LogP contribution < -0.4 is 24.4 Å². The second-order valence-electron chi connectivity index (χ2n) is 8.88. The third-order valence-corrected chi connectivity index (χ3v) is 5.67. The maximum Gasteiger partial charge on any atom is 0.257 e. The lowest BCUT2D eigenvalue weighted by atomic mass is 10.0. The number of amides is 2. The summed E-state index contributed by atoms with van der Waals surface area (Å²) in [5, 5.41) is 2.89. The van der Waals surface area contributed by atoms with Gasteiger partial charge in [0.05, 0.1) is 6.61 Å². The van der Waals surface area contributed by atoms with E-state index in [9.17, 15) is 9.59 Å². The van der Waals surface area contributed by atoms with E-state index >= 15 is 0 Å². The first-order valence-corrected chi connectivity index (χ1v) is 11.1. The third-order valence-electron chi connectivity index (χ3n) is 5.67. The molecule has 0 bridgehead atoms. The van der Waals surface area contributed by atoms with Crippen molar-refractivity contribution in [3.8, 4) is 17.2 Å². The molecular formula is C25H30N2O5. The zero-order chi connectivity index (χ0) is 22.7. The van der Waals surface area contributed by atoms with E-state index in [-0.39, 0.29) is 29.9 Å². The fraction of sp³-hybridized carbons (Fsp3) is 0.440. The van der Waals surface area contributed by atoms with Crippen molar-refractivity contribution < 1.29 is 23.8 Å². The maximum absolute atomic E-state index is 12.5. The van der Waals surface area contributed by atoms with E-state index in [0.717, 1.165) is 29.2 Å². The van der Waals surface area contributed by atoms with Crippen molar-refractivity contribution in [3.05, 3.63) is 48.0 Å². The summed E-state index contributed by atoms with van der Waals surface area (Å²) in [5.41, 5.74) is 1.66. The zero-order valence-corrected chi connectivity index (χ0v) is 18.8. The van der Waals surface area contributed by atoms with Crippen LogP contribution in [0.5, 0.6) is 17.2 Å². The Labute approximate surface area is 188 Å². The molecule has 7 nitrogen and oxygen atoms in total. The smallest absolute Gasteiger partial charge is 0.257 e. The number of benzene rings is 2. The molecule has 1 saturated heterocycles. The zero-order valence-electron chi connectivity index (χ0n) is 18.8. The van der Waals surface area contributed by atoms with Crippen LogP contribution in [-0.2, 0) is 16.0 Å². The van der Waals surface area contributed by atoms with E-state index in [4.69, 9.17) is 14.2 Å². The highest BCUT2D eigenvalue weighted by Crippen LogP contribution is 2.41. The Bertz CT molecular complexity index is 986. The van der Waals surface area contributed by atoms with E-state index in [2.05, 4.69) is 5.32 Å². The number of hydrogen-bond donors (Lipinski definition) is 1. The van der Waals surface area contributed by atoms with Gasteiger partial charge in [0, 0.05) is 43.1 Å². The van der Waals surface area contributed by atoms with Gasteiger partial charge in [0.15, 0.2) is 18.1 Å². The van der Waals surface area contributed by atoms with Crippen LogP contribution in [0.2, 0.25) is 0 Å². The number of anilines is 1. The van der Waals surface area contributed by atoms with Crippen LogP contribution >= 0.6 is 0 Å². The van der Waals surface area contributed by atoms with Crippen LogP contribution in [0.4, 0.5) is 5.69 Å². The Balaban J connectivity index is 1.26. The molecule has 2 amide bonds. The molecule has 1 fully saturated rings. The van der Waals surface area contributed by atoms with Gasteiger partial charge in [-0.2, -0.15) is 0 Å². The lowest BCUT2D eigenvalue weighted by Gasteiger charge is -2.18. The minimum atomic E-state index is -0.270. The number of nitrogens with one attached hydrogen (secondary N) is 1. The van der Waals surface area contributed by atoms with Gasteiger partial charge in [-0.3, -0.25) is 9.59 Å². The van der Waals surface area contributed by atoms with Crippen molar-refractivity contribution in [2.75, 3.05) is 31.2 Å². The van der Waals surface area contributed by atoms with Crippen molar-refractivity contribution in [3.63, 3.8) is 0 Å². The molecule has 0 aromatic heterocycles. The highest BCUT2D eigenvalue weighted by Gasteiger charge is 2.33. The van der Waals surface area contributed by atoms with E-state index in [1.165, 1.54) is 0 Å². The molecular weight excluding hydrogens is 408 g/mol. The number of carbonyl (C=O) groups is 2. The quantitative estimate of drug-likeness (QED) is 0.684. The monoisotopic (exact) mass is 438 g/mol. The molecule has 0 aliphatic carbocycles. The van der Waals surface area contributed by atoms with Gasteiger partial charge >= 0.3 is 0 Å². The van der Waals surface area contributed by atoms with Gasteiger partial charge in [0.2, 0.25) is 5.91 Å². The summed E-state index contributed by atoms with van der Waals surface area (Å²) in [4.78, 5) is 26.6. The van der Waals surface area contributed by atoms with Gasteiger partial charge in [-0.1, -0.05) is 12.1 Å². The number of nitrogens with zero attached hydrogens (tertiary/aromatic N) is 1. The molecule has 0 radical (unpaired) electrons. The summed E-state index contributed by atoms with van der Waals surface area (Å²) in [7, 11) is 0. The molecule has 1 unspecified atom stereocenters. The van der Waals surface area contributed by atoms with Crippen LogP contribution in [0.1, 0.15) is 32.8 Å². The van der Waals surface area contributed by atoms with Gasteiger partial charge in [-0.15, -0.1) is 0 Å². The number of hydrogen-bond acceptors (Lipinski definition) is 5. The molecule has 1 N–H and O–H groups in total. The Morgan fingerprint density at radius 1 is 1.19 bits per heavy atom. The molecule has 32 heavy (non-hydrogen) atoms. The minimum Gasteiger partial charge on any atom is -0.494 e. The Morgan fingerprint density at radius 3 is 2.72 bits per heavy atom. The van der Waals surface area contributed by atoms with E-state index in [1.54, 1.807) is 4.90 Å². The molecule has 2 aromatic carbocycles. The fourth-order valence-corrected chi connectivity index (χ4v) is 4.21. The average molecular weight is 439 g/mol. The summed E-state index contributed by atoms with van der Waals surface area (Å²) in [6.07, 6.45) is 1.22. The van der Waals surface area contributed by atoms with Crippen LogP contribution in [-0.4, -0.2) is 43.7 Å². The maximum atomic E-state index is 12.5. The molecule has 0 saturated carbocycles. The van der Waals surface area contributed by atoms with Crippen LogP contribution in [0.15, 0.2) is 42.5 Å².